The summed E-state index contributed by atoms with van der Waals surface area (Å²) in [4.78, 5) is 1.91. The van der Waals surface area contributed by atoms with Crippen LogP contribution in [0.5, 0.6) is 0 Å². The van der Waals surface area contributed by atoms with Gasteiger partial charge < -0.3 is 10.0 Å². The summed E-state index contributed by atoms with van der Waals surface area (Å²) in [5, 5.41) is 13.6. The molecule has 1 N–H and O–H groups in total. The van der Waals surface area contributed by atoms with Crippen molar-refractivity contribution in [2.75, 3.05) is 36.1 Å². The highest BCUT2D eigenvalue weighted by molar-refractivity contribution is 7.90. The van der Waals surface area contributed by atoms with Crippen molar-refractivity contribution in [2.24, 2.45) is 5.10 Å². The molecule has 1 aliphatic carbocycles. The highest BCUT2D eigenvalue weighted by Gasteiger charge is 2.74. The molecule has 0 spiro atoms. The summed E-state index contributed by atoms with van der Waals surface area (Å²) in [6.45, 7) is 1.48. The first-order valence-corrected chi connectivity index (χ1v) is 14.6. The second-order valence-corrected chi connectivity index (χ2v) is 12.7. The van der Waals surface area contributed by atoms with Crippen molar-refractivity contribution in [3.63, 3.8) is 0 Å². The van der Waals surface area contributed by atoms with Crippen molar-refractivity contribution >= 4 is 27.1 Å². The third-order valence-electron chi connectivity index (χ3n) is 7.71. The Bertz CT molecular complexity index is 1450. The molecule has 7 nitrogen and oxygen atoms in total. The molecular weight excluding hydrogens is 600 g/mol. The lowest BCUT2D eigenvalue weighted by Crippen LogP contribution is -2.62. The number of benzene rings is 2. The van der Waals surface area contributed by atoms with Gasteiger partial charge in [-0.25, -0.2) is 17.2 Å². The predicted octanol–water partition coefficient (Wildman–Crippen LogP) is 5.13. The molecule has 0 amide bonds. The number of hydrogen-bond acceptors (Lipinski definition) is 6. The number of hydrogen-bond donors (Lipinski definition) is 1. The Morgan fingerprint density at radius 1 is 0.857 bits per heavy atom. The molecule has 2 aliphatic heterocycles. The summed E-state index contributed by atoms with van der Waals surface area (Å²) in [7, 11) is -3.36. The van der Waals surface area contributed by atoms with Crippen LogP contribution in [0.1, 0.15) is 37.3 Å². The van der Waals surface area contributed by atoms with Crippen LogP contribution in [0.2, 0.25) is 0 Å². The zero-order valence-corrected chi connectivity index (χ0v) is 22.7. The number of alkyl halides is 6. The van der Waals surface area contributed by atoms with E-state index in [-0.39, 0.29) is 17.4 Å². The predicted molar refractivity (Wildman–Crippen MR) is 137 cm³/mol. The number of aliphatic hydroxyl groups is 1. The number of anilines is 2. The molecule has 1 atom stereocenters. The molecule has 1 saturated carbocycles. The van der Waals surface area contributed by atoms with Crippen molar-refractivity contribution in [2.45, 2.75) is 54.9 Å². The fraction of sp³-hybridized carbons (Fsp3) is 0.500. The van der Waals surface area contributed by atoms with Gasteiger partial charge in [-0.3, -0.25) is 5.01 Å². The second kappa shape index (κ2) is 10.6. The minimum atomic E-state index is -6.19. The molecular formula is C26H26F8N4O3S. The summed E-state index contributed by atoms with van der Waals surface area (Å²) < 4.78 is 137. The normalized spacial score (nSPS) is 21.5. The van der Waals surface area contributed by atoms with Gasteiger partial charge in [0.15, 0.2) is 5.82 Å². The van der Waals surface area contributed by atoms with Gasteiger partial charge in [-0.1, -0.05) is 12.1 Å². The Morgan fingerprint density at radius 2 is 1.50 bits per heavy atom. The summed E-state index contributed by atoms with van der Waals surface area (Å²) >= 11 is 0. The summed E-state index contributed by atoms with van der Waals surface area (Å²) in [5.74, 6) is -2.30. The molecule has 16 heteroatoms. The molecule has 2 aromatic rings. The van der Waals surface area contributed by atoms with Gasteiger partial charge in [0.05, 0.1) is 22.7 Å². The topological polar surface area (TPSA) is 76.5 Å². The van der Waals surface area contributed by atoms with E-state index in [0.717, 1.165) is 12.1 Å². The van der Waals surface area contributed by atoms with Gasteiger partial charge in [-0.2, -0.15) is 35.7 Å². The lowest BCUT2D eigenvalue weighted by Gasteiger charge is -2.32. The molecule has 3 aliphatic rings. The maximum atomic E-state index is 14.7. The van der Waals surface area contributed by atoms with Gasteiger partial charge >= 0.3 is 12.4 Å². The zero-order valence-electron chi connectivity index (χ0n) is 21.8. The number of hydrazone groups is 1. The van der Waals surface area contributed by atoms with E-state index in [0.29, 0.717) is 55.7 Å². The van der Waals surface area contributed by atoms with E-state index in [9.17, 15) is 48.6 Å². The summed E-state index contributed by atoms with van der Waals surface area (Å²) in [6, 6.07) is 6.60. The van der Waals surface area contributed by atoms with E-state index in [1.165, 1.54) is 16.4 Å². The van der Waals surface area contributed by atoms with Crippen molar-refractivity contribution in [3.05, 3.63) is 59.7 Å². The molecule has 5 rings (SSSR count). The number of rotatable bonds is 6. The SMILES string of the molecule is O=S(=O)(C1CC1)N1CCCN(c2ccc(C3CC(C(O)(C(F)(F)F)C(F)(F)F)=NN3c3ccc(F)cc3F)cc2)CC1. The maximum Gasteiger partial charge on any atom is 0.431 e. The Balaban J connectivity index is 1.44. The third kappa shape index (κ3) is 5.43. The van der Waals surface area contributed by atoms with Crippen LogP contribution in [0.25, 0.3) is 0 Å². The Hall–Kier alpha value is -2.98. The summed E-state index contributed by atoms with van der Waals surface area (Å²) in [5.41, 5.74) is -6.80. The molecule has 1 unspecified atom stereocenters. The van der Waals surface area contributed by atoms with E-state index in [4.69, 9.17) is 0 Å². The molecule has 2 aromatic carbocycles. The average molecular weight is 627 g/mol. The minimum absolute atomic E-state index is 0.153. The highest BCUT2D eigenvalue weighted by atomic mass is 32.2. The third-order valence-corrected chi connectivity index (χ3v) is 10.1. The first-order chi connectivity index (χ1) is 19.5. The van der Waals surface area contributed by atoms with E-state index in [1.807, 2.05) is 4.90 Å². The largest absolute Gasteiger partial charge is 0.431 e. The fourth-order valence-corrected chi connectivity index (χ4v) is 7.13. The first-order valence-electron chi connectivity index (χ1n) is 13.1. The number of halogens is 8. The van der Waals surface area contributed by atoms with Crippen molar-refractivity contribution in [1.82, 2.24) is 4.31 Å². The zero-order chi connectivity index (χ0) is 30.7. The molecule has 2 fully saturated rings. The smallest absolute Gasteiger partial charge is 0.370 e. The quantitative estimate of drug-likeness (QED) is 0.450. The van der Waals surface area contributed by atoms with Crippen molar-refractivity contribution in [3.8, 4) is 0 Å². The van der Waals surface area contributed by atoms with Crippen LogP contribution in [0.4, 0.5) is 46.5 Å². The van der Waals surface area contributed by atoms with Gasteiger partial charge in [-0.15, -0.1) is 0 Å². The van der Waals surface area contributed by atoms with Crippen LogP contribution in [0.15, 0.2) is 47.6 Å². The van der Waals surface area contributed by atoms with Crippen molar-refractivity contribution in [1.29, 1.82) is 0 Å². The van der Waals surface area contributed by atoms with Crippen molar-refractivity contribution < 1.29 is 48.6 Å². The monoisotopic (exact) mass is 626 g/mol. The lowest BCUT2D eigenvalue weighted by molar-refractivity contribution is -0.338. The molecule has 1 saturated heterocycles. The van der Waals surface area contributed by atoms with Gasteiger partial charge in [-0.05, 0) is 49.1 Å². The lowest BCUT2D eigenvalue weighted by atomic mass is 9.90. The van der Waals surface area contributed by atoms with Gasteiger partial charge in [0.1, 0.15) is 5.82 Å². The molecule has 42 heavy (non-hydrogen) atoms. The summed E-state index contributed by atoms with van der Waals surface area (Å²) in [6.07, 6.45) is -11.6. The van der Waals surface area contributed by atoms with Crippen LogP contribution in [-0.4, -0.2) is 72.9 Å². The average Bonchev–Trinajstić information content (AvgIpc) is 3.71. The standard InChI is InChI=1S/C26H26F8N4O3S/c27-17-4-9-21(20(28)14-17)38-22(15-23(35-38)24(39,25(29,30)31)26(32,33)34)16-2-5-18(6-3-16)36-10-1-11-37(13-12-36)42(40,41)19-7-8-19/h2-6,9,14,19,22,39H,1,7-8,10-13,15H2. The maximum absolute atomic E-state index is 14.7. The molecule has 0 bridgehead atoms. The number of nitrogens with zero attached hydrogens (tertiary/aromatic N) is 4. The van der Waals surface area contributed by atoms with Gasteiger partial charge in [0.25, 0.3) is 5.60 Å². The Morgan fingerprint density at radius 3 is 2.07 bits per heavy atom. The number of sulfonamides is 1. The van der Waals surface area contributed by atoms with Crippen LogP contribution < -0.4 is 9.91 Å². The Kier molecular flexibility index (Phi) is 7.71. The van der Waals surface area contributed by atoms with Crippen LogP contribution in [0, 0.1) is 11.6 Å². The van der Waals surface area contributed by atoms with E-state index in [2.05, 4.69) is 5.10 Å². The van der Waals surface area contributed by atoms with Gasteiger partial charge in [0.2, 0.25) is 10.0 Å². The molecule has 0 aromatic heterocycles. The minimum Gasteiger partial charge on any atom is -0.370 e. The highest BCUT2D eigenvalue weighted by Crippen LogP contribution is 2.49. The molecule has 230 valence electrons. The van der Waals surface area contributed by atoms with E-state index in [1.54, 1.807) is 12.1 Å². The molecule has 0 radical (unpaired) electrons. The first kappa shape index (κ1) is 30.5. The van der Waals surface area contributed by atoms with Crippen LogP contribution in [-0.2, 0) is 10.0 Å². The second-order valence-electron chi connectivity index (χ2n) is 10.5. The van der Waals surface area contributed by atoms with Gasteiger partial charge in [0, 0.05) is 44.4 Å². The molecule has 2 heterocycles. The van der Waals surface area contributed by atoms with E-state index < -0.39 is 63.5 Å². The van der Waals surface area contributed by atoms with Crippen LogP contribution in [0.3, 0.4) is 0 Å². The fourth-order valence-electron chi connectivity index (χ4n) is 5.26. The van der Waals surface area contributed by atoms with Crippen LogP contribution >= 0.6 is 0 Å². The Labute approximate surface area is 236 Å². The van der Waals surface area contributed by atoms with E-state index >= 15 is 0 Å².